The minimum atomic E-state index is -4.55. The number of amides is 1. The number of morpholine rings is 1. The zero-order chi connectivity index (χ0) is 25.4. The zero-order valence-corrected chi connectivity index (χ0v) is 19.2. The van der Waals surface area contributed by atoms with Gasteiger partial charge in [0.1, 0.15) is 0 Å². The molecule has 2 N–H and O–H groups in total. The van der Waals surface area contributed by atoms with Crippen molar-refractivity contribution in [2.75, 3.05) is 36.5 Å². The second-order valence-electron chi connectivity index (χ2n) is 8.54. The first kappa shape index (κ1) is 23.7. The maximum Gasteiger partial charge on any atom is 0.417 e. The Kier molecular flexibility index (Phi) is 6.05. The van der Waals surface area contributed by atoms with Gasteiger partial charge in [0, 0.05) is 41.7 Å². The van der Waals surface area contributed by atoms with Crippen molar-refractivity contribution in [3.05, 3.63) is 81.8 Å². The van der Waals surface area contributed by atoms with Crippen LogP contribution in [0.3, 0.4) is 0 Å². The van der Waals surface area contributed by atoms with Gasteiger partial charge < -0.3 is 19.4 Å². The molecule has 0 aliphatic carbocycles. The number of benzene rings is 3. The number of H-pyrrole nitrogens is 1. The van der Waals surface area contributed by atoms with Crippen molar-refractivity contribution in [1.82, 2.24) is 4.98 Å². The molecule has 3 aromatic carbocycles. The highest BCUT2D eigenvalue weighted by atomic mass is 19.4. The second-order valence-corrected chi connectivity index (χ2v) is 8.54. The largest absolute Gasteiger partial charge is 0.417 e. The SMILES string of the molecule is Cc1ccc(NC(=O)c2cccc(C(F)(F)F)c2)cc1-c1cc(N2CCOCC2)cc2oc(=O)[nH]c12. The minimum Gasteiger partial charge on any atom is -0.408 e. The number of hydrogen-bond acceptors (Lipinski definition) is 5. The molecular formula is C26H22F3N3O4. The van der Waals surface area contributed by atoms with Crippen molar-refractivity contribution in [1.29, 1.82) is 0 Å². The van der Waals surface area contributed by atoms with Gasteiger partial charge in [-0.1, -0.05) is 12.1 Å². The van der Waals surface area contributed by atoms with E-state index < -0.39 is 23.4 Å². The van der Waals surface area contributed by atoms with E-state index in [0.717, 1.165) is 28.9 Å². The lowest BCUT2D eigenvalue weighted by molar-refractivity contribution is -0.137. The number of aromatic amines is 1. The molecule has 0 saturated carbocycles. The Morgan fingerprint density at radius 2 is 1.81 bits per heavy atom. The lowest BCUT2D eigenvalue weighted by atomic mass is 9.97. The van der Waals surface area contributed by atoms with Gasteiger partial charge in [0.15, 0.2) is 5.58 Å². The molecular weight excluding hydrogens is 475 g/mol. The van der Waals surface area contributed by atoms with E-state index in [4.69, 9.17) is 9.15 Å². The lowest BCUT2D eigenvalue weighted by Crippen LogP contribution is -2.36. The first-order valence-corrected chi connectivity index (χ1v) is 11.3. The van der Waals surface area contributed by atoms with Gasteiger partial charge in [0.05, 0.1) is 24.3 Å². The quantitative estimate of drug-likeness (QED) is 0.405. The van der Waals surface area contributed by atoms with Crippen LogP contribution < -0.4 is 16.0 Å². The molecule has 0 bridgehead atoms. The summed E-state index contributed by atoms with van der Waals surface area (Å²) in [5, 5.41) is 2.68. The van der Waals surface area contributed by atoms with Crippen LogP contribution in [-0.4, -0.2) is 37.2 Å². The fraction of sp³-hybridized carbons (Fsp3) is 0.231. The van der Waals surface area contributed by atoms with Crippen LogP contribution in [0.5, 0.6) is 0 Å². The standard InChI is InChI=1S/C26H22F3N3O4/c1-15-5-6-18(30-24(33)16-3-2-4-17(11-16)26(27,28)29)12-20(15)21-13-19(32-7-9-35-10-8-32)14-22-23(21)31-25(34)36-22/h2-6,11-14H,7-10H2,1H3,(H,30,33)(H,31,34). The van der Waals surface area contributed by atoms with Crippen molar-refractivity contribution in [3.8, 4) is 11.1 Å². The molecule has 1 fully saturated rings. The van der Waals surface area contributed by atoms with Gasteiger partial charge in [0.2, 0.25) is 0 Å². The Morgan fingerprint density at radius 3 is 2.56 bits per heavy atom. The summed E-state index contributed by atoms with van der Waals surface area (Å²) in [7, 11) is 0. The Hall–Kier alpha value is -4.05. The van der Waals surface area contributed by atoms with Crippen LogP contribution in [0.4, 0.5) is 24.5 Å². The first-order valence-electron chi connectivity index (χ1n) is 11.3. The zero-order valence-electron chi connectivity index (χ0n) is 19.2. The van der Waals surface area contributed by atoms with Crippen molar-refractivity contribution in [2.45, 2.75) is 13.1 Å². The topological polar surface area (TPSA) is 87.6 Å². The summed E-state index contributed by atoms with van der Waals surface area (Å²) in [6.45, 7) is 4.43. The highest BCUT2D eigenvalue weighted by Gasteiger charge is 2.31. The van der Waals surface area contributed by atoms with Crippen LogP contribution in [0, 0.1) is 6.92 Å². The van der Waals surface area contributed by atoms with Crippen molar-refractivity contribution >= 4 is 28.4 Å². The summed E-state index contributed by atoms with van der Waals surface area (Å²) in [4.78, 5) is 29.6. The number of oxazole rings is 1. The minimum absolute atomic E-state index is 0.109. The van der Waals surface area contributed by atoms with Crippen LogP contribution in [0.1, 0.15) is 21.5 Å². The maximum atomic E-state index is 13.1. The number of anilines is 2. The summed E-state index contributed by atoms with van der Waals surface area (Å²) < 4.78 is 50.0. The molecule has 1 aliphatic rings. The van der Waals surface area contributed by atoms with E-state index in [0.29, 0.717) is 48.7 Å². The number of alkyl halides is 3. The summed E-state index contributed by atoms with van der Waals surface area (Å²) in [6, 6.07) is 13.2. The van der Waals surface area contributed by atoms with Crippen molar-refractivity contribution in [3.63, 3.8) is 0 Å². The first-order chi connectivity index (χ1) is 17.2. The third-order valence-corrected chi connectivity index (χ3v) is 6.13. The second kappa shape index (κ2) is 9.19. The number of nitrogens with zero attached hydrogens (tertiary/aromatic N) is 1. The molecule has 2 heterocycles. The van der Waals surface area contributed by atoms with E-state index in [2.05, 4.69) is 15.2 Å². The Labute approximate surface area is 203 Å². The average Bonchev–Trinajstić information content (AvgIpc) is 3.25. The molecule has 5 rings (SSSR count). The molecule has 1 aliphatic heterocycles. The lowest BCUT2D eigenvalue weighted by Gasteiger charge is -2.29. The van der Waals surface area contributed by atoms with E-state index in [9.17, 15) is 22.8 Å². The molecule has 1 amide bonds. The fourth-order valence-electron chi connectivity index (χ4n) is 4.28. The fourth-order valence-corrected chi connectivity index (χ4v) is 4.28. The van der Waals surface area contributed by atoms with Crippen LogP contribution in [-0.2, 0) is 10.9 Å². The number of rotatable bonds is 4. The Bertz CT molecular complexity index is 1500. The molecule has 0 unspecified atom stereocenters. The number of aryl methyl sites for hydroxylation is 1. The van der Waals surface area contributed by atoms with Crippen LogP contribution in [0.15, 0.2) is 63.8 Å². The smallest absolute Gasteiger partial charge is 0.408 e. The molecule has 0 spiro atoms. The number of nitrogens with one attached hydrogen (secondary N) is 2. The average molecular weight is 497 g/mol. The van der Waals surface area contributed by atoms with E-state index >= 15 is 0 Å². The normalized spacial score (nSPS) is 14.3. The predicted octanol–water partition coefficient (Wildman–Crippen LogP) is 5.20. The third-order valence-electron chi connectivity index (χ3n) is 6.13. The number of halogens is 3. The molecule has 36 heavy (non-hydrogen) atoms. The van der Waals surface area contributed by atoms with Gasteiger partial charge in [-0.05, 0) is 54.4 Å². The number of aromatic nitrogens is 1. The summed E-state index contributed by atoms with van der Waals surface area (Å²) >= 11 is 0. The van der Waals surface area contributed by atoms with E-state index in [-0.39, 0.29) is 5.56 Å². The van der Waals surface area contributed by atoms with Crippen LogP contribution in [0.2, 0.25) is 0 Å². The van der Waals surface area contributed by atoms with E-state index in [1.165, 1.54) is 12.1 Å². The number of carbonyl (C=O) groups is 1. The number of carbonyl (C=O) groups excluding carboxylic acids is 1. The van der Waals surface area contributed by atoms with Gasteiger partial charge in [0.25, 0.3) is 5.91 Å². The highest BCUT2D eigenvalue weighted by Crippen LogP contribution is 2.36. The number of fused-ring (bicyclic) bond motifs is 1. The molecule has 1 saturated heterocycles. The molecule has 10 heteroatoms. The summed E-state index contributed by atoms with van der Waals surface area (Å²) in [6.07, 6.45) is -4.55. The van der Waals surface area contributed by atoms with Crippen LogP contribution in [0.25, 0.3) is 22.2 Å². The molecule has 186 valence electrons. The van der Waals surface area contributed by atoms with Gasteiger partial charge in [-0.25, -0.2) is 4.79 Å². The Morgan fingerprint density at radius 1 is 1.03 bits per heavy atom. The molecule has 0 atom stereocenters. The molecule has 7 nitrogen and oxygen atoms in total. The van der Waals surface area contributed by atoms with Crippen molar-refractivity contribution in [2.24, 2.45) is 0 Å². The number of ether oxygens (including phenoxy) is 1. The van der Waals surface area contributed by atoms with Gasteiger partial charge in [-0.3, -0.25) is 9.78 Å². The van der Waals surface area contributed by atoms with Gasteiger partial charge in [-0.15, -0.1) is 0 Å². The molecule has 1 aromatic heterocycles. The number of hydrogen-bond donors (Lipinski definition) is 2. The molecule has 0 radical (unpaired) electrons. The highest BCUT2D eigenvalue weighted by molar-refractivity contribution is 6.05. The summed E-state index contributed by atoms with van der Waals surface area (Å²) in [5.74, 6) is -1.25. The van der Waals surface area contributed by atoms with Crippen LogP contribution >= 0.6 is 0 Å². The van der Waals surface area contributed by atoms with E-state index in [1.54, 1.807) is 24.3 Å². The summed E-state index contributed by atoms with van der Waals surface area (Å²) in [5.41, 5.74) is 3.47. The maximum absolute atomic E-state index is 13.1. The predicted molar refractivity (Wildman–Crippen MR) is 129 cm³/mol. The van der Waals surface area contributed by atoms with Gasteiger partial charge in [-0.2, -0.15) is 13.2 Å². The van der Waals surface area contributed by atoms with Crippen molar-refractivity contribution < 1.29 is 27.1 Å². The molecule has 4 aromatic rings. The van der Waals surface area contributed by atoms with Gasteiger partial charge >= 0.3 is 11.9 Å². The van der Waals surface area contributed by atoms with E-state index in [1.807, 2.05) is 13.0 Å². The third kappa shape index (κ3) is 4.72. The monoisotopic (exact) mass is 497 g/mol. The Balaban J connectivity index is 1.52.